The molecule has 3 aromatic carbocycles. The number of hydrogen-bond acceptors (Lipinski definition) is 5. The summed E-state index contributed by atoms with van der Waals surface area (Å²) in [7, 11) is 0. The van der Waals surface area contributed by atoms with Crippen molar-refractivity contribution in [2.24, 2.45) is 0 Å². The highest BCUT2D eigenvalue weighted by atomic mass is 35.5. The number of aliphatic hydroxyl groups excluding tert-OH is 1. The second-order valence-corrected chi connectivity index (χ2v) is 9.45. The number of aromatic amines is 1. The van der Waals surface area contributed by atoms with Gasteiger partial charge < -0.3 is 15.0 Å². The first-order valence-corrected chi connectivity index (χ1v) is 12.7. The first-order chi connectivity index (χ1) is 17.8. The number of imidazole rings is 1. The lowest BCUT2D eigenvalue weighted by Crippen LogP contribution is -2.30. The maximum Gasteiger partial charge on any atom is 0.302 e. The van der Waals surface area contributed by atoms with Gasteiger partial charge in [0.15, 0.2) is 0 Å². The molecule has 1 saturated heterocycles. The molecule has 0 spiro atoms. The third kappa shape index (κ3) is 4.34. The Kier molecular flexibility index (Phi) is 6.67. The van der Waals surface area contributed by atoms with Gasteiger partial charge in [-0.2, -0.15) is 0 Å². The van der Waals surface area contributed by atoms with Gasteiger partial charge in [-0.3, -0.25) is 14.5 Å². The van der Waals surface area contributed by atoms with E-state index in [0.717, 1.165) is 24.3 Å². The molecule has 0 bridgehead atoms. The molecule has 0 saturated carbocycles. The quantitative estimate of drug-likeness (QED) is 0.171. The minimum absolute atomic E-state index is 0.0561. The fourth-order valence-electron chi connectivity index (χ4n) is 4.67. The number of aliphatic hydroxyl groups is 1. The second-order valence-electron chi connectivity index (χ2n) is 8.64. The largest absolute Gasteiger partial charge is 0.507 e. The van der Waals surface area contributed by atoms with Crippen molar-refractivity contribution in [3.8, 4) is 0 Å². The topological polar surface area (TPSA) is 89.5 Å². The summed E-state index contributed by atoms with van der Waals surface area (Å²) in [6.45, 7) is 5.82. The molecule has 188 valence electrons. The number of aromatic nitrogens is 2. The van der Waals surface area contributed by atoms with Crippen molar-refractivity contribution in [2.75, 3.05) is 22.9 Å². The molecular weight excluding hydrogens is 511 g/mol. The highest BCUT2D eigenvalue weighted by Crippen LogP contribution is 2.42. The zero-order valence-corrected chi connectivity index (χ0v) is 21.7. The number of anilines is 2. The fourth-order valence-corrected chi connectivity index (χ4v) is 4.97. The summed E-state index contributed by atoms with van der Waals surface area (Å²) in [5, 5.41) is 11.8. The third-order valence-electron chi connectivity index (χ3n) is 6.58. The standard InChI is InChI=1S/C28H24Cl2N4O3/c1-3-33(4-2)18-12-9-16(10-13-18)24-23(25(35)17-11-14-19(29)20(30)15-17)26(36)27(37)34(24)28-31-21-7-5-6-8-22(21)32-28/h5-15,24,35H,3-4H2,1-2H3,(H,31,32)/b25-23+. The maximum atomic E-state index is 13.4. The summed E-state index contributed by atoms with van der Waals surface area (Å²) >= 11 is 12.2. The van der Waals surface area contributed by atoms with Gasteiger partial charge in [0, 0.05) is 24.3 Å². The SMILES string of the molecule is CCN(CC)c1ccc(C2/C(=C(\O)c3ccc(Cl)c(Cl)c3)C(=O)C(=O)N2c2nc3ccccc3[nH]2)cc1. The van der Waals surface area contributed by atoms with Crippen LogP contribution in [-0.2, 0) is 9.59 Å². The molecule has 1 fully saturated rings. The monoisotopic (exact) mass is 534 g/mol. The van der Waals surface area contributed by atoms with Crippen molar-refractivity contribution in [2.45, 2.75) is 19.9 Å². The molecule has 2 heterocycles. The Labute approximate surface area is 223 Å². The minimum atomic E-state index is -0.916. The first-order valence-electron chi connectivity index (χ1n) is 11.9. The van der Waals surface area contributed by atoms with Gasteiger partial charge in [-0.05, 0) is 61.9 Å². The smallest absolute Gasteiger partial charge is 0.302 e. The summed E-state index contributed by atoms with van der Waals surface area (Å²) in [5.74, 6) is -1.73. The lowest BCUT2D eigenvalue weighted by molar-refractivity contribution is -0.132. The Morgan fingerprint density at radius 2 is 1.70 bits per heavy atom. The number of ketones is 1. The minimum Gasteiger partial charge on any atom is -0.507 e. The number of Topliss-reactive ketones (excluding diaryl/α,β-unsaturated/α-hetero) is 1. The van der Waals surface area contributed by atoms with Crippen LogP contribution >= 0.6 is 23.2 Å². The number of rotatable bonds is 6. The number of nitrogens with zero attached hydrogens (tertiary/aromatic N) is 3. The Morgan fingerprint density at radius 3 is 2.35 bits per heavy atom. The average molecular weight is 535 g/mol. The van der Waals surface area contributed by atoms with Crippen LogP contribution in [0.4, 0.5) is 11.6 Å². The van der Waals surface area contributed by atoms with E-state index in [9.17, 15) is 14.7 Å². The van der Waals surface area contributed by atoms with Crippen LogP contribution in [0.2, 0.25) is 10.0 Å². The van der Waals surface area contributed by atoms with Crippen LogP contribution in [0.5, 0.6) is 0 Å². The Balaban J connectivity index is 1.70. The number of halogens is 2. The molecular formula is C28H24Cl2N4O3. The molecule has 0 radical (unpaired) electrons. The molecule has 1 aliphatic rings. The van der Waals surface area contributed by atoms with Gasteiger partial charge in [0.25, 0.3) is 5.78 Å². The van der Waals surface area contributed by atoms with Gasteiger partial charge in [0.2, 0.25) is 5.95 Å². The molecule has 5 rings (SSSR count). The first kappa shape index (κ1) is 24.9. The molecule has 4 aromatic rings. The van der Waals surface area contributed by atoms with Crippen LogP contribution in [0.25, 0.3) is 16.8 Å². The van der Waals surface area contributed by atoms with Gasteiger partial charge in [-0.1, -0.05) is 47.5 Å². The van der Waals surface area contributed by atoms with E-state index in [2.05, 4.69) is 28.7 Å². The summed E-state index contributed by atoms with van der Waals surface area (Å²) in [5.41, 5.74) is 3.26. The highest BCUT2D eigenvalue weighted by Gasteiger charge is 2.48. The zero-order valence-electron chi connectivity index (χ0n) is 20.2. The number of hydrogen-bond donors (Lipinski definition) is 2. The van der Waals surface area contributed by atoms with Crippen LogP contribution < -0.4 is 9.80 Å². The number of nitrogens with one attached hydrogen (secondary N) is 1. The number of carbonyl (C=O) groups is 2. The van der Waals surface area contributed by atoms with Crippen molar-refractivity contribution >= 4 is 63.3 Å². The Bertz CT molecular complexity index is 1510. The van der Waals surface area contributed by atoms with Crippen LogP contribution in [0.15, 0.2) is 72.3 Å². The Hall–Kier alpha value is -3.81. The van der Waals surface area contributed by atoms with Crippen molar-refractivity contribution in [1.82, 2.24) is 9.97 Å². The van der Waals surface area contributed by atoms with Crippen molar-refractivity contribution in [3.63, 3.8) is 0 Å². The van der Waals surface area contributed by atoms with Gasteiger partial charge in [-0.25, -0.2) is 4.98 Å². The molecule has 9 heteroatoms. The number of amides is 1. The predicted molar refractivity (Wildman–Crippen MR) is 147 cm³/mol. The van der Waals surface area contributed by atoms with Crippen LogP contribution in [-0.4, -0.2) is 39.9 Å². The number of fused-ring (bicyclic) bond motifs is 1. The average Bonchev–Trinajstić information content (AvgIpc) is 3.45. The number of carbonyl (C=O) groups excluding carboxylic acids is 2. The van der Waals surface area contributed by atoms with Crippen molar-refractivity contribution in [1.29, 1.82) is 0 Å². The normalized spacial score (nSPS) is 17.1. The van der Waals surface area contributed by atoms with Crippen LogP contribution in [0.1, 0.15) is 31.0 Å². The second kappa shape index (κ2) is 9.92. The number of H-pyrrole nitrogens is 1. The number of benzene rings is 3. The molecule has 1 amide bonds. The molecule has 1 unspecified atom stereocenters. The van der Waals surface area contributed by atoms with E-state index in [1.807, 2.05) is 48.5 Å². The highest BCUT2D eigenvalue weighted by molar-refractivity contribution is 6.51. The molecule has 0 aliphatic carbocycles. The van der Waals surface area contributed by atoms with E-state index in [4.69, 9.17) is 23.2 Å². The van der Waals surface area contributed by atoms with E-state index in [-0.39, 0.29) is 27.9 Å². The lowest BCUT2D eigenvalue weighted by Gasteiger charge is -2.25. The molecule has 1 aliphatic heterocycles. The third-order valence-corrected chi connectivity index (χ3v) is 7.32. The van der Waals surface area contributed by atoms with Gasteiger partial charge in [-0.15, -0.1) is 0 Å². The van der Waals surface area contributed by atoms with Crippen LogP contribution in [0, 0.1) is 0 Å². The van der Waals surface area contributed by atoms with Crippen molar-refractivity contribution in [3.05, 3.63) is 93.5 Å². The zero-order chi connectivity index (χ0) is 26.3. The number of para-hydroxylation sites is 2. The summed E-state index contributed by atoms with van der Waals surface area (Å²) in [4.78, 5) is 38.0. The summed E-state index contributed by atoms with van der Waals surface area (Å²) < 4.78 is 0. The summed E-state index contributed by atoms with van der Waals surface area (Å²) in [6, 6.07) is 18.6. The van der Waals surface area contributed by atoms with E-state index in [0.29, 0.717) is 16.1 Å². The molecule has 2 N–H and O–H groups in total. The van der Waals surface area contributed by atoms with Crippen molar-refractivity contribution < 1.29 is 14.7 Å². The molecule has 7 nitrogen and oxygen atoms in total. The van der Waals surface area contributed by atoms with E-state index in [1.54, 1.807) is 6.07 Å². The maximum absolute atomic E-state index is 13.4. The molecule has 1 aromatic heterocycles. The van der Waals surface area contributed by atoms with Crippen LogP contribution in [0.3, 0.4) is 0 Å². The predicted octanol–water partition coefficient (Wildman–Crippen LogP) is 6.34. The molecule has 37 heavy (non-hydrogen) atoms. The van der Waals surface area contributed by atoms with Gasteiger partial charge in [0.1, 0.15) is 5.76 Å². The molecule has 1 atom stereocenters. The summed E-state index contributed by atoms with van der Waals surface area (Å²) in [6.07, 6.45) is 0. The van der Waals surface area contributed by atoms with Gasteiger partial charge >= 0.3 is 5.91 Å². The van der Waals surface area contributed by atoms with E-state index < -0.39 is 17.7 Å². The Morgan fingerprint density at radius 1 is 1.00 bits per heavy atom. The fraction of sp³-hybridized carbons (Fsp3) is 0.179. The van der Waals surface area contributed by atoms with E-state index >= 15 is 0 Å². The lowest BCUT2D eigenvalue weighted by atomic mass is 9.95. The van der Waals surface area contributed by atoms with E-state index in [1.165, 1.54) is 17.0 Å². The van der Waals surface area contributed by atoms with Gasteiger partial charge in [0.05, 0.1) is 32.7 Å².